The zero-order valence-corrected chi connectivity index (χ0v) is 15.9. The van der Waals surface area contributed by atoms with Gasteiger partial charge in [0.25, 0.3) is 0 Å². The second-order valence-electron chi connectivity index (χ2n) is 7.01. The summed E-state index contributed by atoms with van der Waals surface area (Å²) >= 11 is 9.34. The Kier molecular flexibility index (Phi) is 5.89. The van der Waals surface area contributed by atoms with Crippen molar-refractivity contribution in [1.82, 2.24) is 0 Å². The van der Waals surface area contributed by atoms with E-state index in [9.17, 15) is 0 Å². The van der Waals surface area contributed by atoms with Crippen molar-refractivity contribution in [3.63, 3.8) is 0 Å². The molecule has 0 aliphatic rings. The average molecular weight is 329 g/mol. The van der Waals surface area contributed by atoms with Gasteiger partial charge in [0.15, 0.2) is 0 Å². The molecule has 0 N–H and O–H groups in total. The number of thiophene rings is 2. The average Bonchev–Trinajstić information content (AvgIpc) is 2.85. The Hall–Kier alpha value is -0.310. The molecule has 2 heterocycles. The minimum absolute atomic E-state index is 0.248. The fraction of sp³-hybridized carbons (Fsp3) is 0.529. The van der Waals surface area contributed by atoms with E-state index in [1.807, 2.05) is 17.4 Å². The van der Waals surface area contributed by atoms with Gasteiger partial charge >= 0.3 is 0 Å². The van der Waals surface area contributed by atoms with Crippen LogP contribution in [-0.2, 0) is 10.8 Å². The molecule has 0 fully saturated rings. The Morgan fingerprint density at radius 3 is 1.40 bits per heavy atom. The Bertz CT molecular complexity index is 486. The Balaban J connectivity index is 0.000000200. The predicted octanol–water partition coefficient (Wildman–Crippen LogP) is 7.05. The molecule has 0 saturated carbocycles. The van der Waals surface area contributed by atoms with Gasteiger partial charge in [-0.3, -0.25) is 0 Å². The fourth-order valence-corrected chi connectivity index (χ4v) is 3.58. The van der Waals surface area contributed by atoms with Crippen LogP contribution in [-0.4, -0.2) is 0 Å². The smallest absolute Gasteiger partial charge is 0.0931 e. The molecule has 0 spiro atoms. The number of halogens is 1. The molecule has 0 bridgehead atoms. The number of hydrogen-bond acceptors (Lipinski definition) is 2. The molecule has 0 saturated heterocycles. The Morgan fingerprint density at radius 2 is 1.20 bits per heavy atom. The number of aryl methyl sites for hydroxylation is 1. The van der Waals surface area contributed by atoms with Crippen LogP contribution in [0.5, 0.6) is 0 Å². The molecule has 0 nitrogen and oxygen atoms in total. The maximum Gasteiger partial charge on any atom is 0.0931 e. The summed E-state index contributed by atoms with van der Waals surface area (Å²) in [6.07, 6.45) is 0. The lowest BCUT2D eigenvalue weighted by Gasteiger charge is -2.14. The molecule has 0 radical (unpaired) electrons. The molecule has 0 aliphatic heterocycles. The van der Waals surface area contributed by atoms with E-state index in [0.29, 0.717) is 5.41 Å². The van der Waals surface area contributed by atoms with Crippen LogP contribution in [0.1, 0.15) is 56.2 Å². The Morgan fingerprint density at radius 1 is 0.750 bits per heavy atom. The van der Waals surface area contributed by atoms with Crippen molar-refractivity contribution >= 4 is 34.3 Å². The van der Waals surface area contributed by atoms with E-state index in [0.717, 1.165) is 4.34 Å². The SMILES string of the molecule is CC(C)(C)c1ccc(Cl)s1.Cc1ccc(C(C)(C)C)s1. The summed E-state index contributed by atoms with van der Waals surface area (Å²) in [5.41, 5.74) is 0.580. The molecule has 20 heavy (non-hydrogen) atoms. The van der Waals surface area contributed by atoms with Crippen LogP contribution in [0.2, 0.25) is 4.34 Å². The number of hydrogen-bond donors (Lipinski definition) is 0. The summed E-state index contributed by atoms with van der Waals surface area (Å²) in [7, 11) is 0. The van der Waals surface area contributed by atoms with Gasteiger partial charge < -0.3 is 0 Å². The van der Waals surface area contributed by atoms with Crippen LogP contribution in [0.3, 0.4) is 0 Å². The monoisotopic (exact) mass is 328 g/mol. The van der Waals surface area contributed by atoms with E-state index in [1.165, 1.54) is 14.6 Å². The van der Waals surface area contributed by atoms with Crippen molar-refractivity contribution in [3.8, 4) is 0 Å². The molecule has 2 rings (SSSR count). The van der Waals surface area contributed by atoms with Crippen molar-refractivity contribution < 1.29 is 0 Å². The summed E-state index contributed by atoms with van der Waals surface area (Å²) in [4.78, 5) is 4.23. The molecule has 0 atom stereocenters. The lowest BCUT2D eigenvalue weighted by molar-refractivity contribution is 0.603. The molecule has 0 aromatic carbocycles. The summed E-state index contributed by atoms with van der Waals surface area (Å²) in [5.74, 6) is 0. The first kappa shape index (κ1) is 17.7. The van der Waals surface area contributed by atoms with Crippen molar-refractivity contribution in [2.24, 2.45) is 0 Å². The van der Waals surface area contributed by atoms with E-state index in [4.69, 9.17) is 11.6 Å². The van der Waals surface area contributed by atoms with Gasteiger partial charge in [0.2, 0.25) is 0 Å². The standard InChI is InChI=1S/C9H14S.C8H11ClS/c1-7-5-6-8(10-7)9(2,3)4;1-8(2,3)6-4-5-7(9)10-6/h5-6H,1-4H3;4-5H,1-3H3. The van der Waals surface area contributed by atoms with Crippen LogP contribution in [0, 0.1) is 6.92 Å². The molecular formula is C17H25ClS2. The molecular weight excluding hydrogens is 304 g/mol. The molecule has 3 heteroatoms. The van der Waals surface area contributed by atoms with Crippen LogP contribution in [0.4, 0.5) is 0 Å². The second kappa shape index (κ2) is 6.64. The predicted molar refractivity (Wildman–Crippen MR) is 95.8 cm³/mol. The molecule has 2 aromatic heterocycles. The Labute approximate surface area is 136 Å². The van der Waals surface area contributed by atoms with Gasteiger partial charge in [0, 0.05) is 14.6 Å². The van der Waals surface area contributed by atoms with E-state index < -0.39 is 0 Å². The third-order valence-electron chi connectivity index (χ3n) is 2.79. The van der Waals surface area contributed by atoms with Crippen LogP contribution < -0.4 is 0 Å². The summed E-state index contributed by atoms with van der Waals surface area (Å²) in [6.45, 7) is 15.5. The topological polar surface area (TPSA) is 0 Å². The first-order valence-corrected chi connectivity index (χ1v) is 8.84. The lowest BCUT2D eigenvalue weighted by Crippen LogP contribution is -2.07. The van der Waals surface area contributed by atoms with Gasteiger partial charge in [-0.25, -0.2) is 0 Å². The van der Waals surface area contributed by atoms with Crippen molar-refractivity contribution in [2.75, 3.05) is 0 Å². The zero-order valence-electron chi connectivity index (χ0n) is 13.5. The maximum absolute atomic E-state index is 5.78. The highest BCUT2D eigenvalue weighted by Gasteiger charge is 2.15. The van der Waals surface area contributed by atoms with E-state index in [2.05, 4.69) is 66.7 Å². The van der Waals surface area contributed by atoms with E-state index >= 15 is 0 Å². The first-order chi connectivity index (χ1) is 9.00. The largest absolute Gasteiger partial charge is 0.145 e. The summed E-state index contributed by atoms with van der Waals surface area (Å²) < 4.78 is 0.880. The maximum atomic E-state index is 5.78. The quantitative estimate of drug-likeness (QED) is 0.486. The van der Waals surface area contributed by atoms with Crippen LogP contribution >= 0.6 is 34.3 Å². The second-order valence-corrected chi connectivity index (χ2v) is 10.0. The van der Waals surface area contributed by atoms with Crippen molar-refractivity contribution in [3.05, 3.63) is 43.2 Å². The third kappa shape index (κ3) is 5.59. The van der Waals surface area contributed by atoms with Crippen LogP contribution in [0.15, 0.2) is 24.3 Å². The highest BCUT2D eigenvalue weighted by atomic mass is 35.5. The zero-order chi connectivity index (χ0) is 15.6. The molecule has 0 unspecified atom stereocenters. The van der Waals surface area contributed by atoms with Crippen molar-refractivity contribution in [1.29, 1.82) is 0 Å². The fourth-order valence-electron chi connectivity index (χ4n) is 1.55. The molecule has 0 aliphatic carbocycles. The van der Waals surface area contributed by atoms with E-state index in [-0.39, 0.29) is 5.41 Å². The lowest BCUT2D eigenvalue weighted by atomic mass is 9.95. The molecule has 2 aromatic rings. The molecule has 112 valence electrons. The first-order valence-electron chi connectivity index (χ1n) is 6.83. The number of rotatable bonds is 0. The van der Waals surface area contributed by atoms with Gasteiger partial charge in [-0.1, -0.05) is 53.1 Å². The summed E-state index contributed by atoms with van der Waals surface area (Å²) in [6, 6.07) is 8.45. The minimum Gasteiger partial charge on any atom is -0.145 e. The van der Waals surface area contributed by atoms with Gasteiger partial charge in [-0.05, 0) is 42.0 Å². The highest BCUT2D eigenvalue weighted by Crippen LogP contribution is 2.31. The molecule has 0 amide bonds. The van der Waals surface area contributed by atoms with Crippen molar-refractivity contribution in [2.45, 2.75) is 59.3 Å². The van der Waals surface area contributed by atoms with Gasteiger partial charge in [0.05, 0.1) is 4.34 Å². The van der Waals surface area contributed by atoms with Gasteiger partial charge in [-0.15, -0.1) is 22.7 Å². The normalized spacial score (nSPS) is 12.0. The summed E-state index contributed by atoms with van der Waals surface area (Å²) in [5, 5.41) is 0. The minimum atomic E-state index is 0.248. The van der Waals surface area contributed by atoms with E-state index in [1.54, 1.807) is 11.3 Å². The van der Waals surface area contributed by atoms with Crippen LogP contribution in [0.25, 0.3) is 0 Å². The van der Waals surface area contributed by atoms with Gasteiger partial charge in [0.1, 0.15) is 0 Å². The third-order valence-corrected chi connectivity index (χ3v) is 5.88. The highest BCUT2D eigenvalue weighted by molar-refractivity contribution is 7.16. The van der Waals surface area contributed by atoms with Gasteiger partial charge in [-0.2, -0.15) is 0 Å².